The summed E-state index contributed by atoms with van der Waals surface area (Å²) >= 11 is 0. The van der Waals surface area contributed by atoms with Crippen molar-refractivity contribution in [2.24, 2.45) is 5.92 Å². The number of likely N-dealkylation sites (tertiary alicyclic amines) is 1. The van der Waals surface area contributed by atoms with Crippen molar-refractivity contribution in [1.82, 2.24) is 15.5 Å². The molecule has 2 unspecified atom stereocenters. The number of hydrogen-bond acceptors (Lipinski definition) is 4. The molecule has 0 saturated carbocycles. The normalized spacial score (nSPS) is 22.3. The minimum absolute atomic E-state index is 0.0747. The lowest BCUT2D eigenvalue weighted by molar-refractivity contribution is -0.124. The van der Waals surface area contributed by atoms with Gasteiger partial charge in [-0.1, -0.05) is 44.2 Å². The summed E-state index contributed by atoms with van der Waals surface area (Å²) in [6.45, 7) is 6.38. The summed E-state index contributed by atoms with van der Waals surface area (Å²) in [7, 11) is 1.79. The average molecular weight is 328 g/mol. The summed E-state index contributed by atoms with van der Waals surface area (Å²) in [5.41, 5.74) is 0.447. The van der Waals surface area contributed by atoms with Crippen LogP contribution in [0.25, 0.3) is 0 Å². The molecule has 5 heteroatoms. The first-order chi connectivity index (χ1) is 11.5. The van der Waals surface area contributed by atoms with Gasteiger partial charge in [0.1, 0.15) is 5.54 Å². The molecule has 2 N–H and O–H groups in total. The molecule has 1 aromatic rings. The van der Waals surface area contributed by atoms with Gasteiger partial charge in [-0.05, 0) is 31.4 Å². The topological polar surface area (TPSA) is 68.2 Å². The number of rotatable bonds is 7. The van der Waals surface area contributed by atoms with Crippen LogP contribution in [0.4, 0.5) is 0 Å². The molecule has 1 aliphatic heterocycles. The summed E-state index contributed by atoms with van der Waals surface area (Å²) in [5.74, 6) is 0.346. The molecule has 130 valence electrons. The third-order valence-corrected chi connectivity index (χ3v) is 4.55. The largest absolute Gasteiger partial charge is 0.335 e. The van der Waals surface area contributed by atoms with Gasteiger partial charge >= 0.3 is 0 Å². The van der Waals surface area contributed by atoms with Gasteiger partial charge in [0.25, 0.3) is 0 Å². The van der Waals surface area contributed by atoms with E-state index in [1.165, 1.54) is 5.56 Å². The maximum atomic E-state index is 12.6. The Morgan fingerprint density at radius 1 is 1.38 bits per heavy atom. The number of nitriles is 1. The fourth-order valence-corrected chi connectivity index (χ4v) is 3.24. The molecule has 0 radical (unpaired) electrons. The van der Waals surface area contributed by atoms with Crippen LogP contribution >= 0.6 is 0 Å². The van der Waals surface area contributed by atoms with Crippen molar-refractivity contribution in [2.45, 2.75) is 44.8 Å². The Morgan fingerprint density at radius 3 is 2.67 bits per heavy atom. The Kier molecular flexibility index (Phi) is 6.36. The van der Waals surface area contributed by atoms with E-state index in [2.05, 4.69) is 47.6 Å². The van der Waals surface area contributed by atoms with Crippen LogP contribution in [0.2, 0.25) is 0 Å². The van der Waals surface area contributed by atoms with E-state index >= 15 is 0 Å². The van der Waals surface area contributed by atoms with E-state index in [1.807, 2.05) is 18.2 Å². The summed E-state index contributed by atoms with van der Waals surface area (Å²) in [6.07, 6.45) is 1.43. The molecule has 2 rings (SSSR count). The molecule has 5 nitrogen and oxygen atoms in total. The molecule has 0 aliphatic carbocycles. The van der Waals surface area contributed by atoms with Crippen LogP contribution in [-0.2, 0) is 11.3 Å². The number of amides is 1. The third kappa shape index (κ3) is 4.80. The predicted octanol–water partition coefficient (Wildman–Crippen LogP) is 1.90. The fourth-order valence-electron chi connectivity index (χ4n) is 3.24. The maximum absolute atomic E-state index is 12.6. The first kappa shape index (κ1) is 18.4. The number of hydrogen-bond donors (Lipinski definition) is 2. The standard InChI is InChI=1S/C19H28N4O/c1-15(2)11-17(21-3)18(24)22-19(13-20)9-10-23(14-19)12-16-7-5-4-6-8-16/h4-8,15,17,21H,9-12,14H2,1-3H3,(H,22,24). The molecule has 24 heavy (non-hydrogen) atoms. The molecular weight excluding hydrogens is 300 g/mol. The molecule has 1 saturated heterocycles. The minimum Gasteiger partial charge on any atom is -0.335 e. The van der Waals surface area contributed by atoms with Crippen molar-refractivity contribution in [3.8, 4) is 6.07 Å². The number of nitrogens with zero attached hydrogens (tertiary/aromatic N) is 2. The summed E-state index contributed by atoms with van der Waals surface area (Å²) in [4.78, 5) is 14.8. The molecule has 2 atom stereocenters. The Morgan fingerprint density at radius 2 is 2.08 bits per heavy atom. The highest BCUT2D eigenvalue weighted by Gasteiger charge is 2.40. The third-order valence-electron chi connectivity index (χ3n) is 4.55. The minimum atomic E-state index is -0.780. The predicted molar refractivity (Wildman–Crippen MR) is 95.1 cm³/mol. The van der Waals surface area contributed by atoms with Gasteiger partial charge in [0, 0.05) is 19.6 Å². The van der Waals surface area contributed by atoms with Crippen LogP contribution < -0.4 is 10.6 Å². The molecule has 1 amide bonds. The van der Waals surface area contributed by atoms with Gasteiger partial charge in [-0.3, -0.25) is 9.69 Å². The highest BCUT2D eigenvalue weighted by molar-refractivity contribution is 5.83. The second-order valence-corrected chi connectivity index (χ2v) is 7.10. The van der Waals surface area contributed by atoms with Crippen molar-refractivity contribution in [3.63, 3.8) is 0 Å². The molecule has 1 aromatic carbocycles. The molecule has 0 aromatic heterocycles. The van der Waals surface area contributed by atoms with Crippen LogP contribution in [0.5, 0.6) is 0 Å². The van der Waals surface area contributed by atoms with E-state index in [0.717, 1.165) is 19.5 Å². The smallest absolute Gasteiger partial charge is 0.238 e. The Bertz CT molecular complexity index is 581. The van der Waals surface area contributed by atoms with E-state index in [9.17, 15) is 10.1 Å². The van der Waals surface area contributed by atoms with Crippen molar-refractivity contribution >= 4 is 5.91 Å². The fraction of sp³-hybridized carbons (Fsp3) is 0.579. The molecule has 1 heterocycles. The van der Waals surface area contributed by atoms with Gasteiger partial charge in [-0.2, -0.15) is 5.26 Å². The highest BCUT2D eigenvalue weighted by atomic mass is 16.2. The van der Waals surface area contributed by atoms with E-state index in [1.54, 1.807) is 7.05 Å². The van der Waals surface area contributed by atoms with Crippen LogP contribution in [0.15, 0.2) is 30.3 Å². The average Bonchev–Trinajstić information content (AvgIpc) is 2.96. The van der Waals surface area contributed by atoms with Crippen LogP contribution in [0, 0.1) is 17.2 Å². The van der Waals surface area contributed by atoms with Crippen molar-refractivity contribution in [2.75, 3.05) is 20.1 Å². The summed E-state index contributed by atoms with van der Waals surface area (Å²) < 4.78 is 0. The van der Waals surface area contributed by atoms with Gasteiger partial charge in [0.2, 0.25) is 5.91 Å². The first-order valence-corrected chi connectivity index (χ1v) is 8.65. The Balaban J connectivity index is 1.97. The SMILES string of the molecule is CNC(CC(C)C)C(=O)NC1(C#N)CCN(Cc2ccccc2)C1. The van der Waals surface area contributed by atoms with Gasteiger partial charge in [0.05, 0.1) is 12.1 Å². The molecule has 1 fully saturated rings. The lowest BCUT2D eigenvalue weighted by atomic mass is 9.98. The molecular formula is C19H28N4O. The van der Waals surface area contributed by atoms with Crippen molar-refractivity contribution < 1.29 is 4.79 Å². The molecule has 0 spiro atoms. The first-order valence-electron chi connectivity index (χ1n) is 8.65. The summed E-state index contributed by atoms with van der Waals surface area (Å²) in [6, 6.07) is 12.3. The number of likely N-dealkylation sites (N-methyl/N-ethyl adjacent to an activating group) is 1. The summed E-state index contributed by atoms with van der Waals surface area (Å²) in [5, 5.41) is 15.7. The number of carbonyl (C=O) groups is 1. The lowest BCUT2D eigenvalue weighted by Gasteiger charge is -2.27. The van der Waals surface area contributed by atoms with Gasteiger partial charge in [0.15, 0.2) is 0 Å². The van der Waals surface area contributed by atoms with E-state index in [0.29, 0.717) is 18.9 Å². The van der Waals surface area contributed by atoms with Gasteiger partial charge in [-0.15, -0.1) is 0 Å². The highest BCUT2D eigenvalue weighted by Crippen LogP contribution is 2.23. The zero-order chi connectivity index (χ0) is 17.6. The maximum Gasteiger partial charge on any atom is 0.238 e. The van der Waals surface area contributed by atoms with E-state index in [4.69, 9.17) is 0 Å². The second-order valence-electron chi connectivity index (χ2n) is 7.10. The number of carbonyl (C=O) groups excluding carboxylic acids is 1. The number of nitrogens with one attached hydrogen (secondary N) is 2. The molecule has 1 aliphatic rings. The monoisotopic (exact) mass is 328 g/mol. The number of benzene rings is 1. The Labute approximate surface area is 145 Å². The van der Waals surface area contributed by atoms with Crippen LogP contribution in [0.1, 0.15) is 32.3 Å². The van der Waals surface area contributed by atoms with Crippen LogP contribution in [0.3, 0.4) is 0 Å². The quantitative estimate of drug-likeness (QED) is 0.802. The molecule has 0 bridgehead atoms. The lowest BCUT2D eigenvalue weighted by Crippen LogP contribution is -2.55. The Hall–Kier alpha value is -1.90. The van der Waals surface area contributed by atoms with Crippen molar-refractivity contribution in [3.05, 3.63) is 35.9 Å². The van der Waals surface area contributed by atoms with Crippen molar-refractivity contribution in [1.29, 1.82) is 5.26 Å². The zero-order valence-electron chi connectivity index (χ0n) is 14.9. The van der Waals surface area contributed by atoms with Gasteiger partial charge in [-0.25, -0.2) is 0 Å². The van der Waals surface area contributed by atoms with Gasteiger partial charge < -0.3 is 10.6 Å². The second kappa shape index (κ2) is 8.27. The van der Waals surface area contributed by atoms with E-state index < -0.39 is 5.54 Å². The zero-order valence-corrected chi connectivity index (χ0v) is 14.9. The van der Waals surface area contributed by atoms with E-state index in [-0.39, 0.29) is 11.9 Å². The van der Waals surface area contributed by atoms with Crippen LogP contribution in [-0.4, -0.2) is 42.5 Å².